The van der Waals surface area contributed by atoms with Crippen molar-refractivity contribution in [2.24, 2.45) is 5.92 Å². The van der Waals surface area contributed by atoms with Gasteiger partial charge in [-0.1, -0.05) is 30.3 Å². The summed E-state index contributed by atoms with van der Waals surface area (Å²) < 4.78 is 7.33. The SMILES string of the molecule is COc1ccccc1-c1nn(-c2ccccc2)cc1C(=O)N1CCC(C(=O)N2CCCCC2)CC1. The van der Waals surface area contributed by atoms with Gasteiger partial charge in [0.05, 0.1) is 18.4 Å². The number of carbonyl (C=O) groups excluding carboxylic acids is 2. The van der Waals surface area contributed by atoms with Gasteiger partial charge in [0.2, 0.25) is 5.91 Å². The largest absolute Gasteiger partial charge is 0.496 e. The molecule has 0 aliphatic carbocycles. The van der Waals surface area contributed by atoms with Crippen LogP contribution in [0.2, 0.25) is 0 Å². The fourth-order valence-electron chi connectivity index (χ4n) is 5.15. The van der Waals surface area contributed by atoms with Crippen molar-refractivity contribution in [2.45, 2.75) is 32.1 Å². The van der Waals surface area contributed by atoms with E-state index in [4.69, 9.17) is 9.84 Å². The minimum atomic E-state index is -0.0584. The molecule has 0 radical (unpaired) electrons. The maximum atomic E-state index is 13.8. The van der Waals surface area contributed by atoms with Crippen LogP contribution in [-0.4, -0.2) is 64.7 Å². The Morgan fingerprint density at radius 1 is 0.857 bits per heavy atom. The Balaban J connectivity index is 1.39. The molecule has 2 aliphatic rings. The fourth-order valence-corrected chi connectivity index (χ4v) is 5.15. The average molecular weight is 473 g/mol. The molecule has 2 aromatic carbocycles. The standard InChI is InChI=1S/C28H32N4O3/c1-35-25-13-7-6-12-23(25)26-24(20-32(29-26)22-10-4-2-5-11-22)28(34)31-18-14-21(15-19-31)27(33)30-16-8-3-9-17-30/h2,4-7,10-13,20-21H,3,8-9,14-19H2,1H3. The van der Waals surface area contributed by atoms with Gasteiger partial charge >= 0.3 is 0 Å². The lowest BCUT2D eigenvalue weighted by molar-refractivity contribution is -0.137. The lowest BCUT2D eigenvalue weighted by Gasteiger charge is -2.35. The highest BCUT2D eigenvalue weighted by molar-refractivity contribution is 6.00. The molecule has 2 fully saturated rings. The molecular formula is C28H32N4O3. The molecule has 0 bridgehead atoms. The van der Waals surface area contributed by atoms with E-state index in [1.54, 1.807) is 11.8 Å². The summed E-state index contributed by atoms with van der Waals surface area (Å²) in [6, 6.07) is 17.4. The minimum Gasteiger partial charge on any atom is -0.496 e. The highest BCUT2D eigenvalue weighted by atomic mass is 16.5. The molecule has 1 aromatic heterocycles. The van der Waals surface area contributed by atoms with Crippen LogP contribution in [0.5, 0.6) is 5.75 Å². The highest BCUT2D eigenvalue weighted by Crippen LogP contribution is 2.33. The lowest BCUT2D eigenvalue weighted by atomic mass is 9.93. The number of nitrogens with zero attached hydrogens (tertiary/aromatic N) is 4. The normalized spacial score (nSPS) is 16.8. The Hall–Kier alpha value is -3.61. The van der Waals surface area contributed by atoms with Gasteiger partial charge in [-0.15, -0.1) is 0 Å². The number of para-hydroxylation sites is 2. The summed E-state index contributed by atoms with van der Waals surface area (Å²) in [5.74, 6) is 0.893. The van der Waals surface area contributed by atoms with Crippen LogP contribution in [0.4, 0.5) is 0 Å². The van der Waals surface area contributed by atoms with Crippen molar-refractivity contribution in [3.8, 4) is 22.7 Å². The van der Waals surface area contributed by atoms with E-state index >= 15 is 0 Å². The predicted octanol–water partition coefficient (Wildman–Crippen LogP) is 4.41. The quantitative estimate of drug-likeness (QED) is 0.552. The topological polar surface area (TPSA) is 67.7 Å². The van der Waals surface area contributed by atoms with Crippen LogP contribution in [-0.2, 0) is 4.79 Å². The molecule has 0 atom stereocenters. The molecule has 2 amide bonds. The zero-order valence-corrected chi connectivity index (χ0v) is 20.2. The summed E-state index contributed by atoms with van der Waals surface area (Å²) in [6.45, 7) is 2.90. The molecule has 182 valence electrons. The molecule has 7 nitrogen and oxygen atoms in total. The Bertz CT molecular complexity index is 1180. The lowest BCUT2D eigenvalue weighted by Crippen LogP contribution is -2.45. The second kappa shape index (κ2) is 10.3. The first-order chi connectivity index (χ1) is 17.2. The maximum absolute atomic E-state index is 13.8. The minimum absolute atomic E-state index is 0.0119. The van der Waals surface area contributed by atoms with Gasteiger partial charge in [0.1, 0.15) is 11.4 Å². The molecule has 2 saturated heterocycles. The molecule has 0 saturated carbocycles. The first-order valence-corrected chi connectivity index (χ1v) is 12.5. The summed E-state index contributed by atoms with van der Waals surface area (Å²) in [7, 11) is 1.62. The van der Waals surface area contributed by atoms with Crippen molar-refractivity contribution >= 4 is 11.8 Å². The smallest absolute Gasteiger partial charge is 0.257 e. The number of amides is 2. The number of carbonyl (C=O) groups is 2. The van der Waals surface area contributed by atoms with Crippen molar-refractivity contribution in [2.75, 3.05) is 33.3 Å². The van der Waals surface area contributed by atoms with Crippen molar-refractivity contribution in [3.63, 3.8) is 0 Å². The summed E-state index contributed by atoms with van der Waals surface area (Å²) in [6.07, 6.45) is 6.63. The van der Waals surface area contributed by atoms with E-state index in [9.17, 15) is 9.59 Å². The van der Waals surface area contributed by atoms with Crippen molar-refractivity contribution < 1.29 is 14.3 Å². The Morgan fingerprint density at radius 3 is 2.26 bits per heavy atom. The van der Waals surface area contributed by atoms with Crippen molar-refractivity contribution in [1.82, 2.24) is 19.6 Å². The van der Waals surface area contributed by atoms with E-state index in [1.165, 1.54) is 6.42 Å². The van der Waals surface area contributed by atoms with Crippen LogP contribution < -0.4 is 4.74 Å². The number of benzene rings is 2. The van der Waals surface area contributed by atoms with E-state index in [-0.39, 0.29) is 17.7 Å². The molecule has 0 N–H and O–H groups in total. The fraction of sp³-hybridized carbons (Fsp3) is 0.393. The van der Waals surface area contributed by atoms with Crippen LogP contribution in [0.25, 0.3) is 16.9 Å². The molecular weight excluding hydrogens is 440 g/mol. The van der Waals surface area contributed by atoms with Gasteiger partial charge in [-0.05, 0) is 56.4 Å². The molecule has 35 heavy (non-hydrogen) atoms. The van der Waals surface area contributed by atoms with Gasteiger partial charge in [0.15, 0.2) is 0 Å². The summed E-state index contributed by atoms with van der Waals surface area (Å²) in [4.78, 5) is 30.6. The number of rotatable bonds is 5. The van der Waals surface area contributed by atoms with Gasteiger partial charge in [-0.2, -0.15) is 5.10 Å². The van der Waals surface area contributed by atoms with Crippen LogP contribution in [0.1, 0.15) is 42.5 Å². The summed E-state index contributed by atoms with van der Waals surface area (Å²) >= 11 is 0. The van der Waals surface area contributed by atoms with Crippen molar-refractivity contribution in [3.05, 3.63) is 66.4 Å². The summed E-state index contributed by atoms with van der Waals surface area (Å²) in [5, 5.41) is 4.81. The Kier molecular flexibility index (Phi) is 6.84. The maximum Gasteiger partial charge on any atom is 0.257 e. The average Bonchev–Trinajstić information content (AvgIpc) is 3.38. The van der Waals surface area contributed by atoms with E-state index in [1.807, 2.05) is 70.6 Å². The molecule has 0 unspecified atom stereocenters. The zero-order valence-electron chi connectivity index (χ0n) is 20.2. The number of methoxy groups -OCH3 is 1. The Labute approximate surface area is 206 Å². The third-order valence-electron chi connectivity index (χ3n) is 7.13. The highest BCUT2D eigenvalue weighted by Gasteiger charge is 2.32. The summed E-state index contributed by atoms with van der Waals surface area (Å²) in [5.41, 5.74) is 2.80. The van der Waals surface area contributed by atoms with Gasteiger partial charge in [0, 0.05) is 43.9 Å². The van der Waals surface area contributed by atoms with Crippen molar-refractivity contribution in [1.29, 1.82) is 0 Å². The van der Waals surface area contributed by atoms with Crippen LogP contribution in [0, 0.1) is 5.92 Å². The predicted molar refractivity (Wildman–Crippen MR) is 135 cm³/mol. The van der Waals surface area contributed by atoms with Gasteiger partial charge in [-0.25, -0.2) is 4.68 Å². The third-order valence-corrected chi connectivity index (χ3v) is 7.13. The first-order valence-electron chi connectivity index (χ1n) is 12.5. The van der Waals surface area contributed by atoms with E-state index < -0.39 is 0 Å². The first kappa shape index (κ1) is 23.1. The van der Waals surface area contributed by atoms with Gasteiger partial charge < -0.3 is 14.5 Å². The number of ether oxygens (including phenoxy) is 1. The third kappa shape index (κ3) is 4.81. The van der Waals surface area contributed by atoms with Gasteiger partial charge in [0.25, 0.3) is 5.91 Å². The molecule has 7 heteroatoms. The molecule has 3 aromatic rings. The van der Waals surface area contributed by atoms with Crippen LogP contribution in [0.15, 0.2) is 60.8 Å². The van der Waals surface area contributed by atoms with Gasteiger partial charge in [-0.3, -0.25) is 9.59 Å². The molecule has 0 spiro atoms. The van der Waals surface area contributed by atoms with E-state index in [0.29, 0.717) is 42.9 Å². The molecule has 3 heterocycles. The molecule has 5 rings (SSSR count). The Morgan fingerprint density at radius 2 is 1.54 bits per heavy atom. The number of aromatic nitrogens is 2. The van der Waals surface area contributed by atoms with E-state index in [0.717, 1.165) is 37.2 Å². The molecule has 2 aliphatic heterocycles. The number of likely N-dealkylation sites (tertiary alicyclic amines) is 2. The zero-order chi connectivity index (χ0) is 24.2. The number of hydrogen-bond acceptors (Lipinski definition) is 4. The number of hydrogen-bond donors (Lipinski definition) is 0. The van der Waals surface area contributed by atoms with Crippen LogP contribution >= 0.6 is 0 Å². The van der Waals surface area contributed by atoms with Crippen LogP contribution in [0.3, 0.4) is 0 Å². The van der Waals surface area contributed by atoms with E-state index in [2.05, 4.69) is 0 Å². The number of piperidine rings is 2. The second-order valence-corrected chi connectivity index (χ2v) is 9.32. The second-order valence-electron chi connectivity index (χ2n) is 9.32. The monoisotopic (exact) mass is 472 g/mol.